The van der Waals surface area contributed by atoms with Crippen molar-refractivity contribution in [1.82, 2.24) is 29.4 Å². The molecular formula is C23H31N7O3S. The third kappa shape index (κ3) is 4.84. The average Bonchev–Trinajstić information content (AvgIpc) is 3.41. The molecule has 4 heterocycles. The predicted molar refractivity (Wildman–Crippen MR) is 131 cm³/mol. The van der Waals surface area contributed by atoms with Crippen LogP contribution in [-0.4, -0.2) is 78.7 Å². The molecule has 0 bridgehead atoms. The van der Waals surface area contributed by atoms with Gasteiger partial charge in [0.05, 0.1) is 11.8 Å². The van der Waals surface area contributed by atoms with Crippen LogP contribution in [0.1, 0.15) is 51.0 Å². The van der Waals surface area contributed by atoms with Crippen LogP contribution in [0.5, 0.6) is 0 Å². The molecule has 34 heavy (non-hydrogen) atoms. The molecule has 0 aromatic carbocycles. The zero-order valence-corrected chi connectivity index (χ0v) is 21.0. The molecule has 4 rings (SSSR count). The summed E-state index contributed by atoms with van der Waals surface area (Å²) in [6, 6.07) is 1.72. The number of likely N-dealkylation sites (tertiary alicyclic amines) is 1. The van der Waals surface area contributed by atoms with Gasteiger partial charge in [0.1, 0.15) is 16.3 Å². The van der Waals surface area contributed by atoms with Crippen LogP contribution >= 0.6 is 11.3 Å². The highest BCUT2D eigenvalue weighted by Gasteiger charge is 2.29. The van der Waals surface area contributed by atoms with Gasteiger partial charge >= 0.3 is 6.09 Å². The van der Waals surface area contributed by atoms with Gasteiger partial charge in [-0.1, -0.05) is 20.8 Å². The topological polar surface area (TPSA) is 116 Å². The van der Waals surface area contributed by atoms with Gasteiger partial charge in [0.2, 0.25) is 0 Å². The molecular weight excluding hydrogens is 454 g/mol. The Hall–Kier alpha value is -3.21. The lowest BCUT2D eigenvalue weighted by atomic mass is 9.88. The van der Waals surface area contributed by atoms with Gasteiger partial charge in [-0.25, -0.2) is 19.3 Å². The van der Waals surface area contributed by atoms with E-state index in [1.54, 1.807) is 28.7 Å². The summed E-state index contributed by atoms with van der Waals surface area (Å²) in [5.41, 5.74) is 1.08. The fourth-order valence-electron chi connectivity index (χ4n) is 3.84. The Labute approximate surface area is 202 Å². The molecule has 3 aromatic rings. The maximum Gasteiger partial charge on any atom is 0.407 e. The Morgan fingerprint density at radius 3 is 2.62 bits per heavy atom. The van der Waals surface area contributed by atoms with E-state index in [0.29, 0.717) is 43.3 Å². The summed E-state index contributed by atoms with van der Waals surface area (Å²) in [5, 5.41) is 19.0. The van der Waals surface area contributed by atoms with Crippen molar-refractivity contribution in [2.45, 2.75) is 52.6 Å². The molecule has 1 aliphatic heterocycles. The van der Waals surface area contributed by atoms with Crippen LogP contribution in [0.15, 0.2) is 23.8 Å². The molecule has 0 aliphatic carbocycles. The summed E-state index contributed by atoms with van der Waals surface area (Å²) in [7, 11) is 1.58. The number of amides is 2. The number of thiazole rings is 1. The van der Waals surface area contributed by atoms with Gasteiger partial charge in [0, 0.05) is 49.9 Å². The molecule has 2 N–H and O–H groups in total. The highest BCUT2D eigenvalue weighted by atomic mass is 32.1. The minimum atomic E-state index is -0.949. The Morgan fingerprint density at radius 1 is 1.26 bits per heavy atom. The molecule has 0 saturated carbocycles. The van der Waals surface area contributed by atoms with Gasteiger partial charge in [0.25, 0.3) is 5.91 Å². The van der Waals surface area contributed by atoms with Crippen molar-refractivity contribution in [1.29, 1.82) is 0 Å². The predicted octanol–water partition coefficient (Wildman–Crippen LogP) is 3.91. The zero-order valence-electron chi connectivity index (χ0n) is 20.1. The Kier molecular flexibility index (Phi) is 6.48. The number of nitrogens with zero attached hydrogens (tertiary/aromatic N) is 6. The minimum absolute atomic E-state index is 0.00787. The fourth-order valence-corrected chi connectivity index (χ4v) is 4.64. The van der Waals surface area contributed by atoms with E-state index in [-0.39, 0.29) is 23.4 Å². The van der Waals surface area contributed by atoms with E-state index in [1.807, 2.05) is 11.6 Å². The smallest absolute Gasteiger partial charge is 0.407 e. The van der Waals surface area contributed by atoms with Crippen LogP contribution in [0.2, 0.25) is 0 Å². The fraction of sp³-hybridized carbons (Fsp3) is 0.522. The van der Waals surface area contributed by atoms with Crippen molar-refractivity contribution >= 4 is 34.0 Å². The van der Waals surface area contributed by atoms with Crippen molar-refractivity contribution in [2.24, 2.45) is 5.41 Å². The summed E-state index contributed by atoms with van der Waals surface area (Å²) in [5.74, 6) is 0.862. The molecule has 1 saturated heterocycles. The molecule has 0 radical (unpaired) electrons. The number of nitrogens with one attached hydrogen (secondary N) is 1. The number of carbonyl (C=O) groups is 2. The second kappa shape index (κ2) is 9.21. The van der Waals surface area contributed by atoms with Crippen molar-refractivity contribution in [3.63, 3.8) is 0 Å². The summed E-state index contributed by atoms with van der Waals surface area (Å²) in [6.07, 6.45) is 3.84. The van der Waals surface area contributed by atoms with Gasteiger partial charge in [-0.2, -0.15) is 5.10 Å². The lowest BCUT2D eigenvalue weighted by Gasteiger charge is -2.35. The summed E-state index contributed by atoms with van der Waals surface area (Å²) >= 11 is 1.54. The first-order valence-corrected chi connectivity index (χ1v) is 12.2. The molecule has 11 heteroatoms. The number of rotatable bonds is 5. The lowest BCUT2D eigenvalue weighted by Crippen LogP contribution is -2.47. The largest absolute Gasteiger partial charge is 0.465 e. The lowest BCUT2D eigenvalue weighted by molar-refractivity contribution is 0.0638. The maximum atomic E-state index is 13.4. The van der Waals surface area contributed by atoms with Gasteiger partial charge in [0.15, 0.2) is 5.82 Å². The van der Waals surface area contributed by atoms with E-state index in [2.05, 4.69) is 43.1 Å². The monoisotopic (exact) mass is 485 g/mol. The van der Waals surface area contributed by atoms with Gasteiger partial charge in [-0.05, 0) is 25.2 Å². The molecule has 1 aliphatic rings. The van der Waals surface area contributed by atoms with Gasteiger partial charge in [-0.15, -0.1) is 11.3 Å². The number of carboxylic acid groups (broad SMARTS) is 1. The van der Waals surface area contributed by atoms with E-state index in [4.69, 9.17) is 4.98 Å². The number of carbonyl (C=O) groups excluding carboxylic acids is 1. The van der Waals surface area contributed by atoms with Crippen molar-refractivity contribution in [3.8, 4) is 11.4 Å². The molecule has 0 spiro atoms. The van der Waals surface area contributed by atoms with Crippen LogP contribution in [0.4, 0.5) is 10.6 Å². The minimum Gasteiger partial charge on any atom is -0.465 e. The number of hydrogen-bond acceptors (Lipinski definition) is 7. The first kappa shape index (κ1) is 23.9. The van der Waals surface area contributed by atoms with Crippen molar-refractivity contribution in [3.05, 3.63) is 29.5 Å². The van der Waals surface area contributed by atoms with Crippen molar-refractivity contribution < 1.29 is 14.7 Å². The van der Waals surface area contributed by atoms with Gasteiger partial charge in [-0.3, -0.25) is 4.79 Å². The Balaban J connectivity index is 1.63. The van der Waals surface area contributed by atoms with E-state index >= 15 is 0 Å². The van der Waals surface area contributed by atoms with Gasteiger partial charge < -0.3 is 20.2 Å². The van der Waals surface area contributed by atoms with E-state index < -0.39 is 6.09 Å². The van der Waals surface area contributed by atoms with Crippen LogP contribution in [0.3, 0.4) is 0 Å². The molecule has 1 atom stereocenters. The zero-order chi connectivity index (χ0) is 24.6. The molecule has 0 unspecified atom stereocenters. The second-order valence-corrected chi connectivity index (χ2v) is 10.7. The number of hydrogen-bond donors (Lipinski definition) is 2. The van der Waals surface area contributed by atoms with Crippen molar-refractivity contribution in [2.75, 3.05) is 25.5 Å². The van der Waals surface area contributed by atoms with E-state index in [1.165, 1.54) is 16.2 Å². The molecule has 1 fully saturated rings. The number of piperidine rings is 1. The molecule has 2 amide bonds. The normalized spacial score (nSPS) is 16.0. The Morgan fingerprint density at radius 2 is 1.97 bits per heavy atom. The highest BCUT2D eigenvalue weighted by Crippen LogP contribution is 2.28. The SMILES string of the molecule is C[C@@H](Nc1cc(C(=O)N2CCC(N(C)C(=O)O)CC2)nc(-c2cnn3ccsc23)n1)C(C)(C)C. The molecule has 3 aromatic heterocycles. The standard InChI is InChI=1S/C23H31N7O3S/c1-14(23(2,3)4)25-18-12-17(20(31)29-8-6-15(7-9-29)28(5)22(32)33)26-19(27-18)16-13-24-30-10-11-34-21(16)30/h10-15H,6-9H2,1-5H3,(H,32,33)(H,25,26,27)/t14-/m1/s1. The van der Waals surface area contributed by atoms with E-state index in [0.717, 1.165) is 10.4 Å². The van der Waals surface area contributed by atoms with Crippen LogP contribution in [0.25, 0.3) is 16.2 Å². The molecule has 182 valence electrons. The first-order chi connectivity index (χ1) is 16.0. The highest BCUT2D eigenvalue weighted by molar-refractivity contribution is 7.16. The average molecular weight is 486 g/mol. The maximum absolute atomic E-state index is 13.4. The second-order valence-electron chi connectivity index (χ2n) is 9.82. The summed E-state index contributed by atoms with van der Waals surface area (Å²) in [6.45, 7) is 9.47. The number of fused-ring (bicyclic) bond motifs is 1. The first-order valence-electron chi connectivity index (χ1n) is 11.4. The third-order valence-electron chi connectivity index (χ3n) is 6.58. The van der Waals surface area contributed by atoms with Crippen LogP contribution in [0, 0.1) is 5.41 Å². The number of aromatic nitrogens is 4. The number of anilines is 1. The van der Waals surface area contributed by atoms with E-state index in [9.17, 15) is 14.7 Å². The van der Waals surface area contributed by atoms with Crippen LogP contribution < -0.4 is 5.32 Å². The Bertz CT molecular complexity index is 1190. The molecule has 10 nitrogen and oxygen atoms in total. The quantitative estimate of drug-likeness (QED) is 0.563. The summed E-state index contributed by atoms with van der Waals surface area (Å²) in [4.78, 5) is 38.1. The summed E-state index contributed by atoms with van der Waals surface area (Å²) < 4.78 is 1.77. The van der Waals surface area contributed by atoms with Crippen LogP contribution in [-0.2, 0) is 0 Å². The third-order valence-corrected chi connectivity index (χ3v) is 7.47.